The van der Waals surface area contributed by atoms with Gasteiger partial charge >= 0.3 is 5.97 Å². The van der Waals surface area contributed by atoms with Crippen LogP contribution < -0.4 is 4.74 Å². The van der Waals surface area contributed by atoms with Crippen molar-refractivity contribution in [3.63, 3.8) is 0 Å². The minimum absolute atomic E-state index is 0.124. The topological polar surface area (TPSA) is 35.5 Å². The molecule has 0 N–H and O–H groups in total. The lowest BCUT2D eigenvalue weighted by Crippen LogP contribution is -2.24. The Morgan fingerprint density at radius 2 is 1.39 bits per heavy atom. The number of carbonyl (C=O) groups excluding carboxylic acids is 1. The molecule has 0 spiro atoms. The highest BCUT2D eigenvalue weighted by molar-refractivity contribution is 9.10. The van der Waals surface area contributed by atoms with E-state index in [1.54, 1.807) is 13.8 Å². The Labute approximate surface area is 175 Å². The molecule has 3 nitrogen and oxygen atoms in total. The van der Waals surface area contributed by atoms with Gasteiger partial charge in [0.2, 0.25) is 6.29 Å². The molecule has 1 aromatic heterocycles. The van der Waals surface area contributed by atoms with Gasteiger partial charge in [-0.1, -0.05) is 40.2 Å². The number of thiophene rings is 1. The summed E-state index contributed by atoms with van der Waals surface area (Å²) in [5.41, 5.74) is 0. The molecule has 2 atom stereocenters. The van der Waals surface area contributed by atoms with Crippen molar-refractivity contribution in [1.29, 1.82) is 0 Å². The van der Waals surface area contributed by atoms with Crippen LogP contribution in [0.2, 0.25) is 0 Å². The van der Waals surface area contributed by atoms with E-state index in [1.807, 2.05) is 12.1 Å². The normalized spacial score (nSPS) is 13.4. The third kappa shape index (κ3) is 3.64. The summed E-state index contributed by atoms with van der Waals surface area (Å²) in [6, 6.07) is 25.3. The minimum Gasteiger partial charge on any atom is -0.455 e. The molecule has 142 valence electrons. The number of fused-ring (bicyclic) bond motifs is 3. The maximum atomic E-state index is 11.7. The Morgan fingerprint density at radius 3 is 1.93 bits per heavy atom. The largest absolute Gasteiger partial charge is 0.455 e. The first-order chi connectivity index (χ1) is 13.5. The molecule has 0 bridgehead atoms. The highest BCUT2D eigenvalue weighted by Gasteiger charge is 2.23. The SMILES string of the molecule is CC(OC(=O)C(C)Br)Oc1ccc(-[s+]2c3ccccc3c3ccccc32)cc1. The number of carbonyl (C=O) groups is 1. The molecular formula is C23H20BrO3S+. The quantitative estimate of drug-likeness (QED) is 0.144. The van der Waals surface area contributed by atoms with Crippen molar-refractivity contribution in [3.8, 4) is 10.6 Å². The minimum atomic E-state index is -0.645. The second kappa shape index (κ2) is 7.94. The number of rotatable bonds is 5. The van der Waals surface area contributed by atoms with Crippen molar-refractivity contribution in [1.82, 2.24) is 0 Å². The molecule has 0 saturated heterocycles. The fourth-order valence-corrected chi connectivity index (χ4v) is 5.72. The zero-order chi connectivity index (χ0) is 19.7. The van der Waals surface area contributed by atoms with E-state index in [0.29, 0.717) is 5.75 Å². The van der Waals surface area contributed by atoms with Crippen LogP contribution in [0.1, 0.15) is 13.8 Å². The van der Waals surface area contributed by atoms with Crippen molar-refractivity contribution in [2.75, 3.05) is 0 Å². The predicted molar refractivity (Wildman–Crippen MR) is 120 cm³/mol. The molecule has 28 heavy (non-hydrogen) atoms. The molecule has 0 amide bonds. The van der Waals surface area contributed by atoms with Gasteiger partial charge in [0, 0.05) is 40.3 Å². The van der Waals surface area contributed by atoms with Crippen molar-refractivity contribution < 1.29 is 14.3 Å². The van der Waals surface area contributed by atoms with E-state index in [-0.39, 0.29) is 21.3 Å². The summed E-state index contributed by atoms with van der Waals surface area (Å²) in [6.45, 7) is 3.44. The van der Waals surface area contributed by atoms with E-state index in [1.165, 1.54) is 25.1 Å². The first-order valence-corrected chi connectivity index (χ1v) is 11.2. The third-order valence-corrected chi connectivity index (χ3v) is 7.18. The predicted octanol–water partition coefficient (Wildman–Crippen LogP) is 6.78. The van der Waals surface area contributed by atoms with Crippen molar-refractivity contribution in [2.45, 2.75) is 25.0 Å². The second-order valence-corrected chi connectivity index (χ2v) is 9.85. The summed E-state index contributed by atoms with van der Waals surface area (Å²) in [6.07, 6.45) is -0.645. The zero-order valence-electron chi connectivity index (χ0n) is 15.6. The lowest BCUT2D eigenvalue weighted by atomic mass is 10.2. The summed E-state index contributed by atoms with van der Waals surface area (Å²) >= 11 is 3.20. The first-order valence-electron chi connectivity index (χ1n) is 9.08. The van der Waals surface area contributed by atoms with Gasteiger partial charge in [0.05, 0.1) is 0 Å². The molecule has 0 fully saturated rings. The van der Waals surface area contributed by atoms with Gasteiger partial charge < -0.3 is 9.47 Å². The highest BCUT2D eigenvalue weighted by Crippen LogP contribution is 2.48. The van der Waals surface area contributed by atoms with Crippen LogP contribution in [0.3, 0.4) is 0 Å². The van der Waals surface area contributed by atoms with Crippen LogP contribution >= 0.6 is 26.4 Å². The lowest BCUT2D eigenvalue weighted by molar-refractivity contribution is -0.160. The lowest BCUT2D eigenvalue weighted by Gasteiger charge is -2.16. The first kappa shape index (κ1) is 19.0. The van der Waals surface area contributed by atoms with Gasteiger partial charge in [0.15, 0.2) is 14.3 Å². The molecule has 4 rings (SSSR count). The molecule has 0 aliphatic carbocycles. The summed E-state index contributed by atoms with van der Waals surface area (Å²) in [4.78, 5) is 12.5. The summed E-state index contributed by atoms with van der Waals surface area (Å²) in [5.74, 6) is 0.334. The molecule has 4 aromatic rings. The number of halogens is 1. The van der Waals surface area contributed by atoms with Gasteiger partial charge in [-0.3, -0.25) is 4.79 Å². The molecule has 0 aliphatic heterocycles. The van der Waals surface area contributed by atoms with Gasteiger partial charge in [-0.2, -0.15) is 0 Å². The number of hydrogen-bond donors (Lipinski definition) is 0. The van der Waals surface area contributed by atoms with Crippen molar-refractivity contribution in [2.24, 2.45) is 0 Å². The standard InChI is InChI=1S/C23H20BrO3S/c1-15(24)23(25)27-16(2)26-17-11-13-18(14-12-17)28-21-9-5-3-7-19(21)20-8-4-6-10-22(20)28/h3-16H,1-2H3/q+1. The number of hydrogen-bond acceptors (Lipinski definition) is 3. The average molecular weight is 456 g/mol. The van der Waals surface area contributed by atoms with Crippen LogP contribution in [-0.4, -0.2) is 17.1 Å². The van der Waals surface area contributed by atoms with Crippen molar-refractivity contribution in [3.05, 3.63) is 72.8 Å². The van der Waals surface area contributed by atoms with E-state index in [4.69, 9.17) is 9.47 Å². The number of ether oxygens (including phenoxy) is 2. The maximum absolute atomic E-state index is 11.7. The molecule has 0 aliphatic rings. The van der Waals surface area contributed by atoms with Crippen LogP contribution in [-0.2, 0) is 9.53 Å². The van der Waals surface area contributed by atoms with Gasteiger partial charge in [0.1, 0.15) is 10.6 Å². The average Bonchev–Trinajstić information content (AvgIpc) is 3.03. The Hall–Kier alpha value is -2.37. The van der Waals surface area contributed by atoms with E-state index >= 15 is 0 Å². The number of benzene rings is 3. The van der Waals surface area contributed by atoms with Gasteiger partial charge in [-0.25, -0.2) is 0 Å². The molecule has 5 heteroatoms. The Balaban J connectivity index is 1.65. The van der Waals surface area contributed by atoms with Gasteiger partial charge in [0.25, 0.3) is 0 Å². The van der Waals surface area contributed by atoms with E-state index < -0.39 is 6.29 Å². The van der Waals surface area contributed by atoms with Crippen LogP contribution in [0.25, 0.3) is 25.1 Å². The third-order valence-electron chi connectivity index (χ3n) is 4.47. The van der Waals surface area contributed by atoms with Crippen LogP contribution in [0.15, 0.2) is 72.8 Å². The molecule has 3 aromatic carbocycles. The van der Waals surface area contributed by atoms with Crippen molar-refractivity contribution >= 4 is 52.5 Å². The van der Waals surface area contributed by atoms with E-state index in [0.717, 1.165) is 0 Å². The van der Waals surface area contributed by atoms with E-state index in [9.17, 15) is 4.79 Å². The maximum Gasteiger partial charge on any atom is 0.322 e. The summed E-state index contributed by atoms with van der Waals surface area (Å²) < 4.78 is 13.7. The van der Waals surface area contributed by atoms with Crippen LogP contribution in [0, 0.1) is 0 Å². The Morgan fingerprint density at radius 1 is 0.857 bits per heavy atom. The fraction of sp³-hybridized carbons (Fsp3) is 0.174. The fourth-order valence-electron chi connectivity index (χ4n) is 3.23. The van der Waals surface area contributed by atoms with E-state index in [2.05, 4.69) is 76.6 Å². The summed E-state index contributed by atoms with van der Waals surface area (Å²) in [5, 5.41) is 2.62. The smallest absolute Gasteiger partial charge is 0.322 e. The monoisotopic (exact) mass is 455 g/mol. The second-order valence-electron chi connectivity index (χ2n) is 6.51. The molecular weight excluding hydrogens is 436 g/mol. The number of esters is 1. The Kier molecular flexibility index (Phi) is 5.38. The highest BCUT2D eigenvalue weighted by atomic mass is 79.9. The molecule has 0 saturated carbocycles. The summed E-state index contributed by atoms with van der Waals surface area (Å²) in [7, 11) is -0.124. The van der Waals surface area contributed by atoms with Crippen LogP contribution in [0.5, 0.6) is 5.75 Å². The van der Waals surface area contributed by atoms with Gasteiger partial charge in [-0.05, 0) is 43.3 Å². The van der Waals surface area contributed by atoms with Crippen LogP contribution in [0.4, 0.5) is 0 Å². The molecule has 0 radical (unpaired) electrons. The Bertz CT molecular complexity index is 1080. The number of alkyl halides is 1. The van der Waals surface area contributed by atoms with Gasteiger partial charge in [-0.15, -0.1) is 0 Å². The molecule has 1 heterocycles. The zero-order valence-corrected chi connectivity index (χ0v) is 18.0. The molecule has 2 unspecified atom stereocenters.